The molecule has 5 heteroatoms. The Hall–Kier alpha value is -2.24. The quantitative estimate of drug-likeness (QED) is 0.471. The predicted octanol–water partition coefficient (Wildman–Crippen LogP) is 6.24. The molecular formula is C22H21BrN2OS. The lowest BCUT2D eigenvalue weighted by Crippen LogP contribution is -2.34. The third-order valence-corrected chi connectivity index (χ3v) is 5.59. The van der Waals surface area contributed by atoms with Crippen LogP contribution in [0.5, 0.6) is 0 Å². The summed E-state index contributed by atoms with van der Waals surface area (Å²) in [7, 11) is 0. The van der Waals surface area contributed by atoms with Crippen LogP contribution >= 0.6 is 28.1 Å². The molecule has 0 heterocycles. The zero-order valence-electron chi connectivity index (χ0n) is 15.3. The number of fused-ring (bicyclic) bond motifs is 1. The Balaban J connectivity index is 1.80. The van der Waals surface area contributed by atoms with Crippen LogP contribution in [0, 0.1) is 0 Å². The number of halogens is 1. The zero-order chi connectivity index (χ0) is 19.4. The van der Waals surface area contributed by atoms with Crippen LogP contribution in [0.25, 0.3) is 10.8 Å². The Bertz CT molecular complexity index is 1000. The number of amides is 1. The van der Waals surface area contributed by atoms with Gasteiger partial charge in [0, 0.05) is 15.7 Å². The summed E-state index contributed by atoms with van der Waals surface area (Å²) in [5.41, 5.74) is 2.71. The maximum atomic E-state index is 12.8. The first-order valence-electron chi connectivity index (χ1n) is 8.89. The SMILES string of the molecule is CCC(C)c1ccccc1NC(=S)NC(=O)c1cccc2c(Br)cccc12. The third-order valence-electron chi connectivity index (χ3n) is 4.69. The lowest BCUT2D eigenvalue weighted by atomic mass is 9.97. The molecule has 27 heavy (non-hydrogen) atoms. The van der Waals surface area contributed by atoms with E-state index >= 15 is 0 Å². The molecule has 0 aliphatic heterocycles. The molecule has 1 atom stereocenters. The average Bonchev–Trinajstić information content (AvgIpc) is 2.67. The number of nitrogens with one attached hydrogen (secondary N) is 2. The number of hydrogen-bond donors (Lipinski definition) is 2. The Morgan fingerprint density at radius 3 is 2.52 bits per heavy atom. The minimum atomic E-state index is -0.225. The van der Waals surface area contributed by atoms with Crippen molar-refractivity contribution in [3.05, 3.63) is 76.3 Å². The van der Waals surface area contributed by atoms with Crippen LogP contribution in [0.1, 0.15) is 42.1 Å². The molecule has 0 bridgehead atoms. The summed E-state index contributed by atoms with van der Waals surface area (Å²) >= 11 is 8.92. The van der Waals surface area contributed by atoms with Gasteiger partial charge in [-0.15, -0.1) is 0 Å². The second kappa shape index (κ2) is 8.63. The summed E-state index contributed by atoms with van der Waals surface area (Å²) in [5.74, 6) is 0.180. The number of anilines is 1. The van der Waals surface area contributed by atoms with Gasteiger partial charge in [0.05, 0.1) is 0 Å². The number of benzene rings is 3. The molecule has 0 aliphatic carbocycles. The monoisotopic (exact) mass is 440 g/mol. The molecule has 3 aromatic carbocycles. The van der Waals surface area contributed by atoms with Crippen LogP contribution in [-0.2, 0) is 0 Å². The van der Waals surface area contributed by atoms with Gasteiger partial charge in [0.2, 0.25) is 0 Å². The van der Waals surface area contributed by atoms with E-state index in [1.54, 1.807) is 6.07 Å². The van der Waals surface area contributed by atoms with E-state index in [0.29, 0.717) is 16.6 Å². The fourth-order valence-electron chi connectivity index (χ4n) is 3.05. The van der Waals surface area contributed by atoms with E-state index in [-0.39, 0.29) is 5.91 Å². The van der Waals surface area contributed by atoms with E-state index in [9.17, 15) is 4.79 Å². The van der Waals surface area contributed by atoms with Gasteiger partial charge in [-0.3, -0.25) is 10.1 Å². The summed E-state index contributed by atoms with van der Waals surface area (Å²) in [4.78, 5) is 12.8. The fourth-order valence-corrected chi connectivity index (χ4v) is 3.76. The average molecular weight is 441 g/mol. The molecule has 0 saturated carbocycles. The molecule has 1 amide bonds. The molecule has 3 aromatic rings. The van der Waals surface area contributed by atoms with Crippen LogP contribution in [0.15, 0.2) is 65.1 Å². The van der Waals surface area contributed by atoms with E-state index in [1.807, 2.05) is 48.5 Å². The van der Waals surface area contributed by atoms with Gasteiger partial charge < -0.3 is 5.32 Å². The van der Waals surface area contributed by atoms with Gasteiger partial charge in [-0.05, 0) is 59.1 Å². The van der Waals surface area contributed by atoms with E-state index in [4.69, 9.17) is 12.2 Å². The smallest absolute Gasteiger partial charge is 0.258 e. The highest BCUT2D eigenvalue weighted by Gasteiger charge is 2.14. The first kappa shape index (κ1) is 19.5. The molecule has 0 aromatic heterocycles. The highest BCUT2D eigenvalue weighted by Crippen LogP contribution is 2.27. The second-order valence-electron chi connectivity index (χ2n) is 6.45. The normalized spacial score (nSPS) is 11.8. The second-order valence-corrected chi connectivity index (χ2v) is 7.71. The predicted molar refractivity (Wildman–Crippen MR) is 120 cm³/mol. The van der Waals surface area contributed by atoms with Crippen LogP contribution in [0.4, 0.5) is 5.69 Å². The number of hydrogen-bond acceptors (Lipinski definition) is 2. The highest BCUT2D eigenvalue weighted by atomic mass is 79.9. The van der Waals surface area contributed by atoms with Crippen molar-refractivity contribution in [2.24, 2.45) is 0 Å². The molecule has 138 valence electrons. The largest absolute Gasteiger partial charge is 0.332 e. The zero-order valence-corrected chi connectivity index (χ0v) is 17.7. The van der Waals surface area contributed by atoms with Crippen molar-refractivity contribution in [1.29, 1.82) is 0 Å². The van der Waals surface area contributed by atoms with E-state index in [2.05, 4.69) is 46.5 Å². The summed E-state index contributed by atoms with van der Waals surface area (Å²) in [6.45, 7) is 4.33. The van der Waals surface area contributed by atoms with Crippen LogP contribution < -0.4 is 10.6 Å². The Morgan fingerprint density at radius 2 is 1.74 bits per heavy atom. The van der Waals surface area contributed by atoms with Gasteiger partial charge in [-0.2, -0.15) is 0 Å². The van der Waals surface area contributed by atoms with Crippen molar-refractivity contribution in [3.8, 4) is 0 Å². The molecule has 0 aliphatic rings. The van der Waals surface area contributed by atoms with Crippen LogP contribution in [-0.4, -0.2) is 11.0 Å². The number of thiocarbonyl (C=S) groups is 1. The topological polar surface area (TPSA) is 41.1 Å². The molecule has 0 saturated heterocycles. The van der Waals surface area contributed by atoms with Crippen LogP contribution in [0.3, 0.4) is 0 Å². The fraction of sp³-hybridized carbons (Fsp3) is 0.182. The van der Waals surface area contributed by atoms with Crippen molar-refractivity contribution < 1.29 is 4.79 Å². The third kappa shape index (κ3) is 4.37. The maximum absolute atomic E-state index is 12.8. The van der Waals surface area contributed by atoms with Crippen molar-refractivity contribution in [3.63, 3.8) is 0 Å². The van der Waals surface area contributed by atoms with E-state index in [0.717, 1.165) is 27.4 Å². The van der Waals surface area contributed by atoms with Gasteiger partial charge in [-0.1, -0.05) is 72.2 Å². The molecular weight excluding hydrogens is 420 g/mol. The molecule has 3 nitrogen and oxygen atoms in total. The summed E-state index contributed by atoms with van der Waals surface area (Å²) in [5, 5.41) is 8.15. The first-order valence-corrected chi connectivity index (χ1v) is 10.1. The highest BCUT2D eigenvalue weighted by molar-refractivity contribution is 9.10. The lowest BCUT2D eigenvalue weighted by molar-refractivity contribution is 0.0979. The minimum absolute atomic E-state index is 0.225. The number of rotatable bonds is 4. The Labute approximate surface area is 173 Å². The van der Waals surface area contributed by atoms with E-state index in [1.165, 1.54) is 5.56 Å². The molecule has 0 radical (unpaired) electrons. The van der Waals surface area contributed by atoms with Gasteiger partial charge in [0.25, 0.3) is 5.91 Å². The molecule has 0 fully saturated rings. The first-order chi connectivity index (χ1) is 13.0. The van der Waals surface area contributed by atoms with Crippen molar-refractivity contribution in [1.82, 2.24) is 5.32 Å². The summed E-state index contributed by atoms with van der Waals surface area (Å²) in [6.07, 6.45) is 1.03. The minimum Gasteiger partial charge on any atom is -0.332 e. The summed E-state index contributed by atoms with van der Waals surface area (Å²) in [6, 6.07) is 19.5. The van der Waals surface area contributed by atoms with Crippen molar-refractivity contribution in [2.75, 3.05) is 5.32 Å². The van der Waals surface area contributed by atoms with E-state index < -0.39 is 0 Å². The summed E-state index contributed by atoms with van der Waals surface area (Å²) < 4.78 is 0.956. The van der Waals surface area contributed by atoms with Gasteiger partial charge >= 0.3 is 0 Å². The molecule has 3 rings (SSSR count). The lowest BCUT2D eigenvalue weighted by Gasteiger charge is -2.17. The van der Waals surface area contributed by atoms with Gasteiger partial charge in [0.15, 0.2) is 5.11 Å². The number of para-hydroxylation sites is 1. The molecule has 2 N–H and O–H groups in total. The molecule has 1 unspecified atom stereocenters. The maximum Gasteiger partial charge on any atom is 0.258 e. The van der Waals surface area contributed by atoms with Crippen LogP contribution in [0.2, 0.25) is 0 Å². The van der Waals surface area contributed by atoms with Crippen molar-refractivity contribution >= 4 is 55.6 Å². The standard InChI is InChI=1S/C22H21BrN2OS/c1-3-14(2)15-8-4-5-13-20(15)24-22(27)25-21(26)18-11-6-10-17-16(18)9-7-12-19(17)23/h4-14H,3H2,1-2H3,(H2,24,25,26,27). The van der Waals surface area contributed by atoms with Gasteiger partial charge in [0.1, 0.15) is 0 Å². The van der Waals surface area contributed by atoms with Gasteiger partial charge in [-0.25, -0.2) is 0 Å². The molecule has 0 spiro atoms. The number of carbonyl (C=O) groups is 1. The Kier molecular flexibility index (Phi) is 6.24. The van der Waals surface area contributed by atoms with Crippen molar-refractivity contribution in [2.45, 2.75) is 26.2 Å². The Morgan fingerprint density at radius 1 is 1.04 bits per heavy atom. The number of carbonyl (C=O) groups excluding carboxylic acids is 1.